The molecule has 0 radical (unpaired) electrons. The minimum Gasteiger partial charge on any atom is -0.449 e. The largest absolute Gasteiger partial charge is 0.475 e. The van der Waals surface area contributed by atoms with Crippen molar-refractivity contribution in [3.63, 3.8) is 0 Å². The molecule has 1 aliphatic heterocycles. The van der Waals surface area contributed by atoms with Crippen molar-refractivity contribution < 1.29 is 24.4 Å². The second-order valence-corrected chi connectivity index (χ2v) is 9.39. The summed E-state index contributed by atoms with van der Waals surface area (Å²) in [6.07, 6.45) is 1.82. The first-order valence-electron chi connectivity index (χ1n) is 10.8. The Morgan fingerprint density at radius 2 is 2.00 bits per heavy atom. The fourth-order valence-electron chi connectivity index (χ4n) is 3.49. The van der Waals surface area contributed by atoms with Gasteiger partial charge in [-0.15, -0.1) is 0 Å². The van der Waals surface area contributed by atoms with E-state index in [0.29, 0.717) is 19.5 Å². The minimum atomic E-state index is -1.73. The first-order chi connectivity index (χ1) is 15.0. The molecule has 1 aromatic rings. The molecule has 0 bridgehead atoms. The Bertz CT molecular complexity index is 871. The highest BCUT2D eigenvalue weighted by Gasteiger charge is 2.31. The lowest BCUT2D eigenvalue weighted by atomic mass is 9.76. The zero-order chi connectivity index (χ0) is 23.9. The van der Waals surface area contributed by atoms with Crippen molar-refractivity contribution in [2.24, 2.45) is 11.3 Å². The number of nitriles is 1. The van der Waals surface area contributed by atoms with Crippen LogP contribution in [0.1, 0.15) is 38.3 Å². The van der Waals surface area contributed by atoms with Crippen LogP contribution in [0, 0.1) is 29.6 Å². The van der Waals surface area contributed by atoms with Crippen LogP contribution in [0.4, 0.5) is 4.79 Å². The zero-order valence-electron chi connectivity index (χ0n) is 19.2. The summed E-state index contributed by atoms with van der Waals surface area (Å²) in [6, 6.07) is 9.54. The van der Waals surface area contributed by atoms with Crippen molar-refractivity contribution in [2.45, 2.75) is 46.5 Å². The molecule has 0 saturated carbocycles. The molecule has 3 N–H and O–H groups in total. The van der Waals surface area contributed by atoms with E-state index in [0.717, 1.165) is 11.1 Å². The number of benzene rings is 1. The van der Waals surface area contributed by atoms with Crippen molar-refractivity contribution in [2.75, 3.05) is 19.7 Å². The molecule has 1 heterocycles. The van der Waals surface area contributed by atoms with E-state index in [1.54, 1.807) is 11.0 Å². The monoisotopic (exact) mass is 441 g/mol. The summed E-state index contributed by atoms with van der Waals surface area (Å²) in [5.41, 5.74) is 1.78. The van der Waals surface area contributed by atoms with Crippen LogP contribution in [0.15, 0.2) is 35.9 Å². The Balaban J connectivity index is 1.85. The minimum absolute atomic E-state index is 0.0473. The summed E-state index contributed by atoms with van der Waals surface area (Å²) >= 11 is 0. The van der Waals surface area contributed by atoms with Gasteiger partial charge < -0.3 is 25.0 Å². The van der Waals surface area contributed by atoms with Crippen molar-refractivity contribution in [1.29, 1.82) is 5.26 Å². The van der Waals surface area contributed by atoms with E-state index < -0.39 is 19.2 Å². The quantitative estimate of drug-likeness (QED) is 0.338. The lowest BCUT2D eigenvalue weighted by Crippen LogP contribution is -2.48. The third kappa shape index (κ3) is 8.02. The number of amides is 2. The van der Waals surface area contributed by atoms with Crippen LogP contribution in [0.5, 0.6) is 0 Å². The number of hydrogen-bond donors (Lipinski definition) is 3. The van der Waals surface area contributed by atoms with E-state index in [2.05, 4.69) is 5.32 Å². The van der Waals surface area contributed by atoms with Crippen molar-refractivity contribution in [3.05, 3.63) is 47.0 Å². The molecule has 0 spiro atoms. The number of alkyl carbamates (subject to hydrolysis) is 1. The summed E-state index contributed by atoms with van der Waals surface area (Å²) in [7, 11) is -1.73. The molecule has 1 aromatic carbocycles. The normalized spacial score (nSPS) is 17.5. The number of rotatable bonds is 7. The van der Waals surface area contributed by atoms with Crippen molar-refractivity contribution in [3.8, 4) is 6.07 Å². The van der Waals surface area contributed by atoms with E-state index in [1.807, 2.05) is 58.0 Å². The first kappa shape index (κ1) is 25.4. The molecule has 172 valence electrons. The molecule has 1 fully saturated rings. The number of aryl methyl sites for hydroxylation is 1. The molecule has 2 amide bonds. The maximum absolute atomic E-state index is 12.6. The number of carbonyl (C=O) groups excluding carboxylic acids is 2. The smallest absolute Gasteiger partial charge is 0.449 e. The second kappa shape index (κ2) is 11.2. The van der Waals surface area contributed by atoms with Gasteiger partial charge in [0.1, 0.15) is 11.6 Å². The van der Waals surface area contributed by atoms with Gasteiger partial charge in [-0.1, -0.05) is 56.7 Å². The van der Waals surface area contributed by atoms with Gasteiger partial charge in [0.2, 0.25) is 0 Å². The molecular weight excluding hydrogens is 409 g/mol. The lowest BCUT2D eigenvalue weighted by Gasteiger charge is -2.20. The van der Waals surface area contributed by atoms with Gasteiger partial charge in [-0.2, -0.15) is 5.26 Å². The van der Waals surface area contributed by atoms with E-state index >= 15 is 0 Å². The topological polar surface area (TPSA) is 123 Å². The maximum atomic E-state index is 12.6. The molecular formula is C23H32BN3O5. The highest BCUT2D eigenvalue weighted by molar-refractivity contribution is 6.43. The fourth-order valence-corrected chi connectivity index (χ4v) is 3.49. The van der Waals surface area contributed by atoms with Gasteiger partial charge in [-0.3, -0.25) is 4.79 Å². The van der Waals surface area contributed by atoms with Crippen LogP contribution >= 0.6 is 0 Å². The highest BCUT2D eigenvalue weighted by atomic mass is 16.5. The van der Waals surface area contributed by atoms with Crippen molar-refractivity contribution >= 4 is 19.1 Å². The first-order valence-corrected chi connectivity index (χ1v) is 10.8. The second-order valence-electron chi connectivity index (χ2n) is 9.39. The predicted molar refractivity (Wildman–Crippen MR) is 121 cm³/mol. The molecule has 9 heteroatoms. The van der Waals surface area contributed by atoms with Gasteiger partial charge >= 0.3 is 13.2 Å². The van der Waals surface area contributed by atoms with E-state index in [1.165, 1.54) is 0 Å². The summed E-state index contributed by atoms with van der Waals surface area (Å²) in [5.74, 6) is -1.27. The zero-order valence-corrected chi connectivity index (χ0v) is 19.2. The van der Waals surface area contributed by atoms with Gasteiger partial charge in [-0.05, 0) is 30.7 Å². The number of ether oxygens (including phenoxy) is 1. The average molecular weight is 441 g/mol. The lowest BCUT2D eigenvalue weighted by molar-refractivity contribution is -0.125. The SMILES string of the molecule is Cc1ccc(C[C@H](NC(=O)OCC2CCN(C(=O)C(C#N)=CC(C)(C)C)C2)B(O)O)cc1. The number of nitrogens with zero attached hydrogens (tertiary/aromatic N) is 2. The summed E-state index contributed by atoms with van der Waals surface area (Å²) < 4.78 is 5.27. The maximum Gasteiger partial charge on any atom is 0.475 e. The predicted octanol–water partition coefficient (Wildman–Crippen LogP) is 1.99. The van der Waals surface area contributed by atoms with E-state index in [9.17, 15) is 24.9 Å². The highest BCUT2D eigenvalue weighted by Crippen LogP contribution is 2.22. The Morgan fingerprint density at radius 1 is 1.34 bits per heavy atom. The average Bonchev–Trinajstić information content (AvgIpc) is 3.19. The standard InChI is InChI=1S/C23H32BN3O5/c1-16-5-7-17(8-6-16)11-20(24(30)31)26-22(29)32-15-18-9-10-27(14-18)21(28)19(13-25)12-23(2,3)4/h5-8,12,18,20,30-31H,9-11,14-15H2,1-4H3,(H,26,29)/t18?,20-/m0/s1. The molecule has 0 aliphatic carbocycles. The van der Waals surface area contributed by atoms with Crippen LogP contribution in [0.2, 0.25) is 0 Å². The molecule has 2 rings (SSSR count). The van der Waals surface area contributed by atoms with Gasteiger partial charge in [-0.25, -0.2) is 4.79 Å². The molecule has 0 aromatic heterocycles. The Labute approximate surface area is 190 Å². The molecule has 2 atom stereocenters. The Kier molecular flexibility index (Phi) is 8.87. The summed E-state index contributed by atoms with van der Waals surface area (Å²) in [6.45, 7) is 8.70. The fraction of sp³-hybridized carbons (Fsp3) is 0.522. The van der Waals surface area contributed by atoms with Gasteiger partial charge in [0.25, 0.3) is 5.91 Å². The van der Waals surface area contributed by atoms with Gasteiger partial charge in [0, 0.05) is 19.0 Å². The number of carbonyl (C=O) groups is 2. The van der Waals surface area contributed by atoms with Crippen LogP contribution in [0.3, 0.4) is 0 Å². The third-order valence-electron chi connectivity index (χ3n) is 5.19. The number of allylic oxidation sites excluding steroid dienone is 1. The van der Waals surface area contributed by atoms with E-state index in [4.69, 9.17) is 4.74 Å². The van der Waals surface area contributed by atoms with Gasteiger partial charge in [0.15, 0.2) is 0 Å². The molecule has 32 heavy (non-hydrogen) atoms. The Hall–Kier alpha value is -2.83. The summed E-state index contributed by atoms with van der Waals surface area (Å²) in [5, 5.41) is 31.1. The number of hydrogen-bond acceptors (Lipinski definition) is 6. The van der Waals surface area contributed by atoms with Crippen LogP contribution in [0.25, 0.3) is 0 Å². The molecule has 1 unspecified atom stereocenters. The molecule has 8 nitrogen and oxygen atoms in total. The summed E-state index contributed by atoms with van der Waals surface area (Å²) in [4.78, 5) is 26.4. The third-order valence-corrected chi connectivity index (χ3v) is 5.19. The van der Waals surface area contributed by atoms with Gasteiger partial charge in [0.05, 0.1) is 12.5 Å². The van der Waals surface area contributed by atoms with Crippen molar-refractivity contribution in [1.82, 2.24) is 10.2 Å². The molecule has 1 aliphatic rings. The Morgan fingerprint density at radius 3 is 2.56 bits per heavy atom. The van der Waals surface area contributed by atoms with Crippen LogP contribution in [-0.2, 0) is 16.0 Å². The number of nitrogens with one attached hydrogen (secondary N) is 1. The molecule has 1 saturated heterocycles. The number of likely N-dealkylation sites (tertiary alicyclic amines) is 1. The van der Waals surface area contributed by atoms with Crippen LogP contribution in [-0.4, -0.2) is 59.7 Å². The van der Waals surface area contributed by atoms with E-state index in [-0.39, 0.29) is 35.8 Å². The van der Waals surface area contributed by atoms with Crippen LogP contribution < -0.4 is 5.32 Å².